The molecule has 0 radical (unpaired) electrons. The van der Waals surface area contributed by atoms with Gasteiger partial charge in [0.15, 0.2) is 0 Å². The van der Waals surface area contributed by atoms with Crippen LogP contribution in [0, 0.1) is 0 Å². The predicted molar refractivity (Wildman–Crippen MR) is 81.1 cm³/mol. The van der Waals surface area contributed by atoms with Gasteiger partial charge < -0.3 is 16.2 Å². The number of carbonyl (C=O) groups excluding carboxylic acids is 2. The van der Waals surface area contributed by atoms with Crippen molar-refractivity contribution in [3.63, 3.8) is 0 Å². The van der Waals surface area contributed by atoms with Crippen LogP contribution in [0.5, 0.6) is 0 Å². The smallest absolute Gasteiger partial charge is 0.303 e. The number of nitrogens with one attached hydrogen (secondary N) is 1. The number of rotatable bonds is 9. The number of aliphatic carboxylic acids is 1. The second-order valence-electron chi connectivity index (χ2n) is 4.40. The lowest BCUT2D eigenvalue weighted by atomic mass is 10.2. The Kier molecular flexibility index (Phi) is 7.31. The molecule has 0 heterocycles. The molecule has 2 amide bonds. The van der Waals surface area contributed by atoms with Crippen LogP contribution in [-0.2, 0) is 14.4 Å². The molecular formula is C14H18N2O4S. The van der Waals surface area contributed by atoms with E-state index in [0.717, 1.165) is 4.90 Å². The van der Waals surface area contributed by atoms with Crippen molar-refractivity contribution in [1.82, 2.24) is 0 Å². The highest BCUT2D eigenvalue weighted by Crippen LogP contribution is 2.26. The normalized spacial score (nSPS) is 10.1. The molecule has 0 atom stereocenters. The standard InChI is InChI=1S/C14H18N2O4S/c15-12(17)9-21-11-6-2-1-5-10(11)16-13(18)7-3-4-8-14(19)20/h1-2,5-6H,3-4,7-9H2,(H2,15,17)(H,16,18)(H,19,20). The van der Waals surface area contributed by atoms with Gasteiger partial charge >= 0.3 is 5.97 Å². The number of thioether (sulfide) groups is 1. The van der Waals surface area contributed by atoms with Crippen LogP contribution in [0.25, 0.3) is 0 Å². The summed E-state index contributed by atoms with van der Waals surface area (Å²) in [5.41, 5.74) is 5.73. The molecule has 21 heavy (non-hydrogen) atoms. The first-order chi connectivity index (χ1) is 9.99. The summed E-state index contributed by atoms with van der Waals surface area (Å²) in [5, 5.41) is 11.3. The average molecular weight is 310 g/mol. The number of carboxylic acid groups (broad SMARTS) is 1. The molecule has 0 unspecified atom stereocenters. The minimum atomic E-state index is -0.858. The molecule has 4 N–H and O–H groups in total. The minimum absolute atomic E-state index is 0.0678. The van der Waals surface area contributed by atoms with Crippen molar-refractivity contribution in [3.8, 4) is 0 Å². The zero-order chi connectivity index (χ0) is 15.7. The molecular weight excluding hydrogens is 292 g/mol. The van der Waals surface area contributed by atoms with E-state index in [9.17, 15) is 14.4 Å². The molecule has 6 nitrogen and oxygen atoms in total. The Balaban J connectivity index is 2.47. The lowest BCUT2D eigenvalue weighted by Gasteiger charge is -2.10. The lowest BCUT2D eigenvalue weighted by Crippen LogP contribution is -2.14. The number of hydrogen-bond donors (Lipinski definition) is 3. The van der Waals surface area contributed by atoms with Gasteiger partial charge in [-0.2, -0.15) is 0 Å². The summed E-state index contributed by atoms with van der Waals surface area (Å²) >= 11 is 1.26. The summed E-state index contributed by atoms with van der Waals surface area (Å²) in [6.07, 6.45) is 1.33. The Morgan fingerprint density at radius 2 is 1.81 bits per heavy atom. The van der Waals surface area contributed by atoms with Crippen LogP contribution in [0.1, 0.15) is 25.7 Å². The van der Waals surface area contributed by atoms with Gasteiger partial charge in [0.25, 0.3) is 0 Å². The first-order valence-corrected chi connectivity index (χ1v) is 7.49. The first kappa shape index (κ1) is 17.0. The highest BCUT2D eigenvalue weighted by atomic mass is 32.2. The molecule has 0 aliphatic heterocycles. The molecule has 0 saturated carbocycles. The third-order valence-electron chi connectivity index (χ3n) is 2.58. The van der Waals surface area contributed by atoms with E-state index < -0.39 is 11.9 Å². The second kappa shape index (κ2) is 9.02. The fourth-order valence-electron chi connectivity index (χ4n) is 1.62. The van der Waals surface area contributed by atoms with Gasteiger partial charge in [0.1, 0.15) is 0 Å². The third-order valence-corrected chi connectivity index (χ3v) is 3.67. The highest BCUT2D eigenvalue weighted by molar-refractivity contribution is 8.00. The van der Waals surface area contributed by atoms with E-state index in [4.69, 9.17) is 10.8 Å². The van der Waals surface area contributed by atoms with Crippen molar-refractivity contribution in [1.29, 1.82) is 0 Å². The monoisotopic (exact) mass is 310 g/mol. The Labute approximate surface area is 127 Å². The second-order valence-corrected chi connectivity index (χ2v) is 5.42. The van der Waals surface area contributed by atoms with Crippen molar-refractivity contribution in [3.05, 3.63) is 24.3 Å². The molecule has 114 valence electrons. The molecule has 1 aromatic rings. The number of para-hydroxylation sites is 1. The van der Waals surface area contributed by atoms with Crippen LogP contribution in [0.2, 0.25) is 0 Å². The van der Waals surface area contributed by atoms with E-state index in [1.165, 1.54) is 11.8 Å². The molecule has 0 saturated heterocycles. The summed E-state index contributed by atoms with van der Waals surface area (Å²) in [5.74, 6) is -1.31. The molecule has 0 spiro atoms. The Morgan fingerprint density at radius 1 is 1.14 bits per heavy atom. The highest BCUT2D eigenvalue weighted by Gasteiger charge is 2.08. The van der Waals surface area contributed by atoms with Crippen molar-refractivity contribution in [2.75, 3.05) is 11.1 Å². The van der Waals surface area contributed by atoms with Gasteiger partial charge in [-0.25, -0.2) is 0 Å². The summed E-state index contributed by atoms with van der Waals surface area (Å²) in [4.78, 5) is 33.7. The van der Waals surface area contributed by atoms with Crippen molar-refractivity contribution in [2.24, 2.45) is 5.73 Å². The maximum absolute atomic E-state index is 11.8. The van der Waals surface area contributed by atoms with Crippen LogP contribution in [0.15, 0.2) is 29.2 Å². The number of benzene rings is 1. The van der Waals surface area contributed by atoms with Crippen molar-refractivity contribution >= 4 is 35.2 Å². The van der Waals surface area contributed by atoms with Gasteiger partial charge in [0, 0.05) is 17.7 Å². The Hall–Kier alpha value is -2.02. The summed E-state index contributed by atoms with van der Waals surface area (Å²) in [7, 11) is 0. The SMILES string of the molecule is NC(=O)CSc1ccccc1NC(=O)CCCCC(=O)O. The fraction of sp³-hybridized carbons (Fsp3) is 0.357. The molecule has 0 bridgehead atoms. The van der Waals surface area contributed by atoms with Crippen LogP contribution in [-0.4, -0.2) is 28.6 Å². The average Bonchev–Trinajstić information content (AvgIpc) is 2.42. The van der Waals surface area contributed by atoms with Gasteiger partial charge in [0.05, 0.1) is 11.4 Å². The molecule has 1 rings (SSSR count). The molecule has 0 aliphatic carbocycles. The molecule has 7 heteroatoms. The number of unbranched alkanes of at least 4 members (excludes halogenated alkanes) is 1. The van der Waals surface area contributed by atoms with Gasteiger partial charge in [-0.1, -0.05) is 12.1 Å². The number of hydrogen-bond acceptors (Lipinski definition) is 4. The van der Waals surface area contributed by atoms with E-state index in [-0.39, 0.29) is 24.5 Å². The van der Waals surface area contributed by atoms with E-state index in [2.05, 4.69) is 5.32 Å². The lowest BCUT2D eigenvalue weighted by molar-refractivity contribution is -0.137. The number of anilines is 1. The van der Waals surface area contributed by atoms with Crippen LogP contribution >= 0.6 is 11.8 Å². The van der Waals surface area contributed by atoms with Crippen LogP contribution in [0.4, 0.5) is 5.69 Å². The number of nitrogens with two attached hydrogens (primary N) is 1. The van der Waals surface area contributed by atoms with E-state index in [0.29, 0.717) is 18.5 Å². The van der Waals surface area contributed by atoms with E-state index >= 15 is 0 Å². The predicted octanol–water partition coefficient (Wildman–Crippen LogP) is 1.85. The van der Waals surface area contributed by atoms with Crippen molar-refractivity contribution < 1.29 is 19.5 Å². The zero-order valence-corrected chi connectivity index (χ0v) is 12.3. The minimum Gasteiger partial charge on any atom is -0.481 e. The fourth-order valence-corrected chi connectivity index (χ4v) is 2.37. The van der Waals surface area contributed by atoms with Crippen LogP contribution in [0.3, 0.4) is 0 Å². The summed E-state index contributed by atoms with van der Waals surface area (Å²) < 4.78 is 0. The maximum Gasteiger partial charge on any atom is 0.303 e. The van der Waals surface area contributed by atoms with Gasteiger partial charge in [-0.3, -0.25) is 14.4 Å². The number of primary amides is 1. The summed E-state index contributed by atoms with van der Waals surface area (Å²) in [6.45, 7) is 0. The number of amides is 2. The molecule has 0 aliphatic rings. The number of carboxylic acids is 1. The van der Waals surface area contributed by atoms with E-state index in [1.807, 2.05) is 6.07 Å². The van der Waals surface area contributed by atoms with Gasteiger partial charge in [-0.15, -0.1) is 11.8 Å². The molecule has 1 aromatic carbocycles. The van der Waals surface area contributed by atoms with Gasteiger partial charge in [0.2, 0.25) is 11.8 Å². The van der Waals surface area contributed by atoms with Crippen LogP contribution < -0.4 is 11.1 Å². The molecule has 0 aromatic heterocycles. The molecule has 0 fully saturated rings. The first-order valence-electron chi connectivity index (χ1n) is 6.51. The van der Waals surface area contributed by atoms with Crippen molar-refractivity contribution in [2.45, 2.75) is 30.6 Å². The zero-order valence-electron chi connectivity index (χ0n) is 11.5. The quantitative estimate of drug-likeness (QED) is 0.476. The Morgan fingerprint density at radius 3 is 2.48 bits per heavy atom. The Bertz CT molecular complexity index is 519. The topological polar surface area (TPSA) is 109 Å². The summed E-state index contributed by atoms with van der Waals surface area (Å²) in [6, 6.07) is 7.15. The van der Waals surface area contributed by atoms with Gasteiger partial charge in [-0.05, 0) is 25.0 Å². The number of carbonyl (C=O) groups is 3. The van der Waals surface area contributed by atoms with E-state index in [1.54, 1.807) is 18.2 Å². The third kappa shape index (κ3) is 7.36. The largest absolute Gasteiger partial charge is 0.481 e. The maximum atomic E-state index is 11.8.